The van der Waals surface area contributed by atoms with E-state index in [1.165, 1.54) is 60.0 Å². The van der Waals surface area contributed by atoms with Crippen molar-refractivity contribution in [2.75, 3.05) is 5.23 Å². The molecule has 0 N–H and O–H groups in total. The highest BCUT2D eigenvalue weighted by molar-refractivity contribution is 6.22. The third-order valence-corrected chi connectivity index (χ3v) is 9.37. The van der Waals surface area contributed by atoms with Crippen LogP contribution in [0.25, 0.3) is 65.3 Å². The van der Waals surface area contributed by atoms with Crippen molar-refractivity contribution in [2.24, 2.45) is 0 Å². The second-order valence-electron chi connectivity index (χ2n) is 12.6. The Bertz CT molecular complexity index is 2200. The maximum absolute atomic E-state index is 6.36. The summed E-state index contributed by atoms with van der Waals surface area (Å²) in [5.74, 6) is 0. The van der Waals surface area contributed by atoms with Gasteiger partial charge in [-0.2, -0.15) is 0 Å². The lowest BCUT2D eigenvalue weighted by molar-refractivity contribution is -0.0272. The van der Waals surface area contributed by atoms with Gasteiger partial charge in [0.25, 0.3) is 0 Å². The molecular formula is C40H33NO2. The van der Waals surface area contributed by atoms with E-state index in [1.807, 2.05) is 0 Å². The maximum Gasteiger partial charge on any atom is 0.124 e. The minimum absolute atomic E-state index is 0.483. The van der Waals surface area contributed by atoms with Crippen LogP contribution in [0, 0.1) is 0 Å². The molecule has 1 saturated heterocycles. The molecule has 1 heterocycles. The van der Waals surface area contributed by atoms with Crippen molar-refractivity contribution in [2.45, 2.75) is 38.9 Å². The highest BCUT2D eigenvalue weighted by Crippen LogP contribution is 2.47. The topological polar surface area (TPSA) is 21.7 Å². The third-order valence-electron chi connectivity index (χ3n) is 9.37. The highest BCUT2D eigenvalue weighted by atomic mass is 17.0. The second kappa shape index (κ2) is 9.40. The van der Waals surface area contributed by atoms with E-state index in [9.17, 15) is 0 Å². The van der Waals surface area contributed by atoms with E-state index < -0.39 is 11.2 Å². The van der Waals surface area contributed by atoms with Crippen molar-refractivity contribution in [1.29, 1.82) is 0 Å². The van der Waals surface area contributed by atoms with Crippen LogP contribution in [0.15, 0.2) is 127 Å². The van der Waals surface area contributed by atoms with Crippen molar-refractivity contribution in [1.82, 2.24) is 0 Å². The van der Waals surface area contributed by atoms with E-state index in [1.54, 1.807) is 5.23 Å². The SMILES string of the molecule is CC1(C)ON(c2ccc3c(-c4ccc5ccccc5c4)c4ccccc4c(-c4ccc5ccccc5c4)c3c2)OC1(C)C. The number of hydrogen-bond acceptors (Lipinski definition) is 3. The van der Waals surface area contributed by atoms with Crippen LogP contribution in [-0.4, -0.2) is 11.2 Å². The average molecular weight is 560 g/mol. The number of anilines is 1. The predicted octanol–water partition coefficient (Wildman–Crippen LogP) is 10.9. The Kier molecular flexibility index (Phi) is 5.68. The van der Waals surface area contributed by atoms with Crippen LogP contribution in [0.1, 0.15) is 27.7 Å². The predicted molar refractivity (Wildman–Crippen MR) is 180 cm³/mol. The van der Waals surface area contributed by atoms with Gasteiger partial charge < -0.3 is 0 Å². The Hall–Kier alpha value is -4.70. The van der Waals surface area contributed by atoms with E-state index in [0.717, 1.165) is 11.1 Å². The van der Waals surface area contributed by atoms with Gasteiger partial charge in [-0.05, 0) is 117 Å². The molecule has 0 spiro atoms. The van der Waals surface area contributed by atoms with Crippen LogP contribution in [-0.2, 0) is 9.68 Å². The Balaban J connectivity index is 1.46. The van der Waals surface area contributed by atoms with Gasteiger partial charge in [-0.3, -0.25) is 0 Å². The lowest BCUT2D eigenvalue weighted by atomic mass is 9.85. The lowest BCUT2D eigenvalue weighted by Gasteiger charge is -2.26. The normalized spacial score (nSPS) is 16.0. The number of rotatable bonds is 3. The van der Waals surface area contributed by atoms with Gasteiger partial charge in [-0.1, -0.05) is 103 Å². The van der Waals surface area contributed by atoms with Gasteiger partial charge in [0.15, 0.2) is 0 Å². The summed E-state index contributed by atoms with van der Waals surface area (Å²) in [6.07, 6.45) is 0. The van der Waals surface area contributed by atoms with E-state index in [0.29, 0.717) is 0 Å². The van der Waals surface area contributed by atoms with E-state index in [4.69, 9.17) is 9.68 Å². The Morgan fingerprint density at radius 2 is 0.860 bits per heavy atom. The summed E-state index contributed by atoms with van der Waals surface area (Å²) in [7, 11) is 0. The fraction of sp³-hybridized carbons (Fsp3) is 0.150. The van der Waals surface area contributed by atoms with Crippen LogP contribution < -0.4 is 5.23 Å². The smallest absolute Gasteiger partial charge is 0.124 e. The molecule has 43 heavy (non-hydrogen) atoms. The molecule has 1 aliphatic rings. The zero-order valence-corrected chi connectivity index (χ0v) is 24.9. The van der Waals surface area contributed by atoms with E-state index in [2.05, 4.69) is 155 Å². The molecule has 210 valence electrons. The molecule has 3 heteroatoms. The zero-order chi connectivity index (χ0) is 29.3. The molecular weight excluding hydrogens is 526 g/mol. The summed E-state index contributed by atoms with van der Waals surface area (Å²) < 4.78 is 0. The quantitative estimate of drug-likeness (QED) is 0.201. The molecule has 0 bridgehead atoms. The fourth-order valence-corrected chi connectivity index (χ4v) is 6.35. The minimum Gasteiger partial charge on any atom is -0.239 e. The Morgan fingerprint density at radius 1 is 0.419 bits per heavy atom. The summed E-state index contributed by atoms with van der Waals surface area (Å²) in [5.41, 5.74) is 4.73. The first-order valence-electron chi connectivity index (χ1n) is 14.9. The first kappa shape index (κ1) is 26.0. The van der Waals surface area contributed by atoms with E-state index in [-0.39, 0.29) is 0 Å². The molecule has 0 atom stereocenters. The molecule has 0 radical (unpaired) electrons. The van der Waals surface area contributed by atoms with Crippen molar-refractivity contribution in [3.05, 3.63) is 127 Å². The first-order chi connectivity index (χ1) is 20.8. The molecule has 0 aromatic heterocycles. The highest BCUT2D eigenvalue weighted by Gasteiger charge is 2.50. The van der Waals surface area contributed by atoms with Gasteiger partial charge in [-0.25, -0.2) is 9.68 Å². The van der Waals surface area contributed by atoms with Crippen LogP contribution in [0.5, 0.6) is 0 Å². The molecule has 1 aliphatic heterocycles. The molecule has 7 aromatic carbocycles. The minimum atomic E-state index is -0.483. The van der Waals surface area contributed by atoms with Crippen molar-refractivity contribution >= 4 is 48.8 Å². The van der Waals surface area contributed by atoms with E-state index >= 15 is 0 Å². The summed E-state index contributed by atoms with van der Waals surface area (Å²) in [6, 6.07) is 46.1. The molecule has 8 rings (SSSR count). The number of nitrogens with zero attached hydrogens (tertiary/aromatic N) is 1. The Morgan fingerprint density at radius 3 is 1.40 bits per heavy atom. The number of fused-ring (bicyclic) bond motifs is 4. The molecule has 1 fully saturated rings. The van der Waals surface area contributed by atoms with Crippen molar-refractivity contribution in [3.63, 3.8) is 0 Å². The summed E-state index contributed by atoms with van der Waals surface area (Å²) in [5, 5.41) is 11.3. The average Bonchev–Trinajstić information content (AvgIpc) is 3.25. The van der Waals surface area contributed by atoms with Crippen LogP contribution in [0.3, 0.4) is 0 Å². The molecule has 0 saturated carbocycles. The van der Waals surface area contributed by atoms with Crippen molar-refractivity contribution in [3.8, 4) is 22.3 Å². The van der Waals surface area contributed by atoms with Gasteiger partial charge >= 0.3 is 0 Å². The van der Waals surface area contributed by atoms with Gasteiger partial charge in [0.05, 0.1) is 5.69 Å². The first-order valence-corrected chi connectivity index (χ1v) is 14.9. The largest absolute Gasteiger partial charge is 0.239 e. The fourth-order valence-electron chi connectivity index (χ4n) is 6.35. The maximum atomic E-state index is 6.36. The van der Waals surface area contributed by atoms with Gasteiger partial charge in [0.2, 0.25) is 0 Å². The monoisotopic (exact) mass is 559 g/mol. The Labute approximate surface area is 251 Å². The van der Waals surface area contributed by atoms with Gasteiger partial charge in [0.1, 0.15) is 11.2 Å². The molecule has 0 amide bonds. The van der Waals surface area contributed by atoms with Crippen LogP contribution in [0.4, 0.5) is 5.69 Å². The van der Waals surface area contributed by atoms with Crippen LogP contribution >= 0.6 is 0 Å². The summed E-state index contributed by atoms with van der Waals surface area (Å²) in [6.45, 7) is 8.28. The van der Waals surface area contributed by atoms with Crippen LogP contribution in [0.2, 0.25) is 0 Å². The van der Waals surface area contributed by atoms with Gasteiger partial charge in [0, 0.05) is 0 Å². The standard InChI is InChI=1S/C40H33NO2/c1-39(2)40(3,4)43-41(42-39)32-21-22-35-36(25-32)38(31-20-18-27-12-6-8-14-29(27)24-31)34-16-10-9-15-33(34)37(35)30-19-17-26-11-5-7-13-28(26)23-30/h5-25H,1-4H3. The molecule has 7 aromatic rings. The summed E-state index contributed by atoms with van der Waals surface area (Å²) >= 11 is 0. The lowest BCUT2D eigenvalue weighted by Crippen LogP contribution is -2.41. The number of benzene rings is 7. The van der Waals surface area contributed by atoms with Crippen molar-refractivity contribution < 1.29 is 9.68 Å². The molecule has 3 nitrogen and oxygen atoms in total. The summed E-state index contributed by atoms with van der Waals surface area (Å²) in [4.78, 5) is 12.7. The van der Waals surface area contributed by atoms with Gasteiger partial charge in [-0.15, -0.1) is 5.23 Å². The number of hydrogen-bond donors (Lipinski definition) is 0. The second-order valence-corrected chi connectivity index (χ2v) is 12.6. The third kappa shape index (κ3) is 4.11. The molecule has 0 aliphatic carbocycles. The zero-order valence-electron chi connectivity index (χ0n) is 24.9. The molecule has 0 unspecified atom stereocenters.